The maximum absolute atomic E-state index is 6.23. The molecule has 0 radical (unpaired) electrons. The minimum atomic E-state index is -1.62. The summed E-state index contributed by atoms with van der Waals surface area (Å²) >= 11 is 0. The van der Waals surface area contributed by atoms with E-state index in [1.54, 1.807) is 7.11 Å². The average Bonchev–Trinajstić information content (AvgIpc) is 2.24. The van der Waals surface area contributed by atoms with Crippen LogP contribution in [0, 0.1) is 5.41 Å². The Bertz CT molecular complexity index is 433. The molecule has 0 spiro atoms. The molecule has 1 aromatic rings. The molecule has 0 aliphatic heterocycles. The van der Waals surface area contributed by atoms with Gasteiger partial charge in [-0.25, -0.2) is 0 Å². The lowest BCUT2D eigenvalue weighted by molar-refractivity contribution is 0.414. The van der Waals surface area contributed by atoms with Crippen LogP contribution < -0.4 is 4.74 Å². The van der Waals surface area contributed by atoms with Crippen molar-refractivity contribution in [3.63, 3.8) is 0 Å². The molecule has 0 aromatic heterocycles. The fourth-order valence-electron chi connectivity index (χ4n) is 1.65. The summed E-state index contributed by atoms with van der Waals surface area (Å²) < 4.78 is 11.4. The molecule has 0 fully saturated rings. The van der Waals surface area contributed by atoms with E-state index in [9.17, 15) is 0 Å². The molecule has 0 saturated carbocycles. The Morgan fingerprint density at radius 3 is 1.95 bits per heavy atom. The molecule has 1 rings (SSSR count). The zero-order chi connectivity index (χ0) is 14.7. The van der Waals surface area contributed by atoms with E-state index < -0.39 is 8.32 Å². The van der Waals surface area contributed by atoms with Crippen molar-refractivity contribution in [3.05, 3.63) is 35.9 Å². The van der Waals surface area contributed by atoms with Gasteiger partial charge in [0.05, 0.1) is 7.11 Å². The third kappa shape index (κ3) is 5.97. The molecule has 0 heterocycles. The van der Waals surface area contributed by atoms with Crippen molar-refractivity contribution in [1.82, 2.24) is 0 Å². The zero-order valence-electron chi connectivity index (χ0n) is 13.2. The van der Waals surface area contributed by atoms with Gasteiger partial charge in [-0.2, -0.15) is 0 Å². The Labute approximate surface area is 118 Å². The molecule has 0 atom stereocenters. The first-order valence-corrected chi connectivity index (χ1v) is 10.1. The van der Waals surface area contributed by atoms with Crippen LogP contribution in [0.2, 0.25) is 19.6 Å². The number of methoxy groups -OCH3 is 1. The summed E-state index contributed by atoms with van der Waals surface area (Å²) in [6, 6.07) is 8.05. The normalized spacial score (nSPS) is 13.3. The van der Waals surface area contributed by atoms with E-state index in [2.05, 4.69) is 58.6 Å². The fraction of sp³-hybridized carbons (Fsp3) is 0.500. The SMILES string of the molecule is COc1ccc(/C(=C\C(C)(C)C)O[Si](C)(C)C)cc1. The number of benzene rings is 1. The first kappa shape index (κ1) is 15.8. The van der Waals surface area contributed by atoms with Gasteiger partial charge in [0.25, 0.3) is 0 Å². The first-order valence-electron chi connectivity index (χ1n) is 6.67. The van der Waals surface area contributed by atoms with Crippen molar-refractivity contribution in [1.29, 1.82) is 0 Å². The molecular formula is C16H26O2Si. The molecule has 0 bridgehead atoms. The van der Waals surface area contributed by atoms with Gasteiger partial charge in [0.1, 0.15) is 11.5 Å². The Balaban J connectivity index is 3.12. The predicted molar refractivity (Wildman–Crippen MR) is 84.9 cm³/mol. The highest BCUT2D eigenvalue weighted by atomic mass is 28.4. The van der Waals surface area contributed by atoms with Gasteiger partial charge in [0.15, 0.2) is 0 Å². The standard InChI is InChI=1S/C16H26O2Si/c1-16(2,3)12-15(18-19(5,6)7)13-8-10-14(17-4)11-9-13/h8-12H,1-7H3/b15-12+. The molecule has 0 saturated heterocycles. The molecule has 3 heteroatoms. The molecule has 0 aliphatic rings. The second-order valence-corrected chi connectivity index (χ2v) is 11.2. The van der Waals surface area contributed by atoms with Gasteiger partial charge in [0.2, 0.25) is 8.32 Å². The van der Waals surface area contributed by atoms with E-state index in [1.807, 2.05) is 12.1 Å². The summed E-state index contributed by atoms with van der Waals surface area (Å²) in [6.45, 7) is 13.2. The average molecular weight is 278 g/mol. The quantitative estimate of drug-likeness (QED) is 0.574. The monoisotopic (exact) mass is 278 g/mol. The Morgan fingerprint density at radius 2 is 1.58 bits per heavy atom. The van der Waals surface area contributed by atoms with Gasteiger partial charge in [-0.3, -0.25) is 0 Å². The van der Waals surface area contributed by atoms with Crippen LogP contribution in [0.15, 0.2) is 30.3 Å². The van der Waals surface area contributed by atoms with Crippen molar-refractivity contribution in [2.45, 2.75) is 40.4 Å². The van der Waals surface area contributed by atoms with E-state index in [0.717, 1.165) is 17.1 Å². The summed E-state index contributed by atoms with van der Waals surface area (Å²) in [6.07, 6.45) is 2.20. The lowest BCUT2D eigenvalue weighted by Gasteiger charge is -2.25. The second-order valence-electron chi connectivity index (χ2n) is 6.82. The summed E-state index contributed by atoms with van der Waals surface area (Å²) in [7, 11) is 0.0558. The Morgan fingerprint density at radius 1 is 1.05 bits per heavy atom. The van der Waals surface area contributed by atoms with Gasteiger partial charge >= 0.3 is 0 Å². The van der Waals surface area contributed by atoms with Crippen LogP contribution in [0.1, 0.15) is 26.3 Å². The van der Waals surface area contributed by atoms with Crippen LogP contribution in [0.4, 0.5) is 0 Å². The molecule has 1 aromatic carbocycles. The third-order valence-corrected chi connectivity index (χ3v) is 3.19. The molecule has 2 nitrogen and oxygen atoms in total. The number of allylic oxidation sites excluding steroid dienone is 1. The minimum absolute atomic E-state index is 0.0922. The number of hydrogen-bond acceptors (Lipinski definition) is 2. The van der Waals surface area contributed by atoms with Gasteiger partial charge in [0, 0.05) is 5.56 Å². The fourth-order valence-corrected chi connectivity index (χ4v) is 2.49. The maximum Gasteiger partial charge on any atom is 0.242 e. The largest absolute Gasteiger partial charge is 0.544 e. The zero-order valence-corrected chi connectivity index (χ0v) is 14.2. The lowest BCUT2D eigenvalue weighted by atomic mass is 9.94. The van der Waals surface area contributed by atoms with Gasteiger partial charge in [-0.1, -0.05) is 20.8 Å². The number of ether oxygens (including phenoxy) is 1. The summed E-state index contributed by atoms with van der Waals surface area (Å²) in [5.41, 5.74) is 1.20. The van der Waals surface area contributed by atoms with Crippen molar-refractivity contribution in [3.8, 4) is 5.75 Å². The lowest BCUT2D eigenvalue weighted by Crippen LogP contribution is -2.25. The Kier molecular flexibility index (Phi) is 4.85. The van der Waals surface area contributed by atoms with E-state index in [0.29, 0.717) is 0 Å². The molecule has 0 amide bonds. The summed E-state index contributed by atoms with van der Waals surface area (Å²) in [4.78, 5) is 0. The van der Waals surface area contributed by atoms with Crippen LogP contribution >= 0.6 is 0 Å². The summed E-state index contributed by atoms with van der Waals surface area (Å²) in [5, 5.41) is 0. The topological polar surface area (TPSA) is 18.5 Å². The van der Waals surface area contributed by atoms with Gasteiger partial charge < -0.3 is 9.16 Å². The van der Waals surface area contributed by atoms with Crippen molar-refractivity contribution < 1.29 is 9.16 Å². The smallest absolute Gasteiger partial charge is 0.242 e. The van der Waals surface area contributed by atoms with Crippen molar-refractivity contribution in [2.75, 3.05) is 7.11 Å². The number of rotatable bonds is 4. The van der Waals surface area contributed by atoms with E-state index in [4.69, 9.17) is 9.16 Å². The molecule has 19 heavy (non-hydrogen) atoms. The first-order chi connectivity index (χ1) is 8.61. The highest BCUT2D eigenvalue weighted by Gasteiger charge is 2.20. The molecule has 0 aliphatic carbocycles. The van der Waals surface area contributed by atoms with Gasteiger partial charge in [-0.15, -0.1) is 0 Å². The predicted octanol–water partition coefficient (Wildman–Crippen LogP) is 4.93. The van der Waals surface area contributed by atoms with Crippen LogP contribution in [0.3, 0.4) is 0 Å². The van der Waals surface area contributed by atoms with Crippen LogP contribution in [0.5, 0.6) is 5.75 Å². The number of hydrogen-bond donors (Lipinski definition) is 0. The van der Waals surface area contributed by atoms with Crippen LogP contribution in [-0.4, -0.2) is 15.4 Å². The molecular weight excluding hydrogens is 252 g/mol. The van der Waals surface area contributed by atoms with Crippen LogP contribution in [0.25, 0.3) is 5.76 Å². The Hall–Kier alpha value is -1.22. The second kappa shape index (κ2) is 5.82. The minimum Gasteiger partial charge on any atom is -0.544 e. The van der Waals surface area contributed by atoms with E-state index in [-0.39, 0.29) is 5.41 Å². The van der Waals surface area contributed by atoms with Crippen LogP contribution in [-0.2, 0) is 4.43 Å². The van der Waals surface area contributed by atoms with Gasteiger partial charge in [-0.05, 0) is 55.4 Å². The van der Waals surface area contributed by atoms with Crippen molar-refractivity contribution in [2.24, 2.45) is 5.41 Å². The van der Waals surface area contributed by atoms with E-state index in [1.165, 1.54) is 0 Å². The highest BCUT2D eigenvalue weighted by Crippen LogP contribution is 2.28. The molecule has 0 unspecified atom stereocenters. The third-order valence-electron chi connectivity index (χ3n) is 2.35. The highest BCUT2D eigenvalue weighted by molar-refractivity contribution is 6.70. The van der Waals surface area contributed by atoms with E-state index >= 15 is 0 Å². The molecule has 106 valence electrons. The van der Waals surface area contributed by atoms with Crippen molar-refractivity contribution >= 4 is 14.1 Å². The molecule has 0 N–H and O–H groups in total. The summed E-state index contributed by atoms with van der Waals surface area (Å²) in [5.74, 6) is 1.85. The maximum atomic E-state index is 6.23.